The Labute approximate surface area is 138 Å². The van der Waals surface area contributed by atoms with Crippen LogP contribution in [0.4, 0.5) is 0 Å². The second-order valence-corrected chi connectivity index (χ2v) is 6.06. The Morgan fingerprint density at radius 1 is 1.26 bits per heavy atom. The van der Waals surface area contributed by atoms with Gasteiger partial charge >= 0.3 is 5.97 Å². The van der Waals surface area contributed by atoms with Crippen LogP contribution in [0.1, 0.15) is 27.3 Å². The fraction of sp³-hybridized carbons (Fsp3) is 0.235. The van der Waals surface area contributed by atoms with E-state index in [0.29, 0.717) is 28.1 Å². The van der Waals surface area contributed by atoms with E-state index >= 15 is 0 Å². The minimum Gasteiger partial charge on any atom is -0.457 e. The van der Waals surface area contributed by atoms with Gasteiger partial charge in [-0.1, -0.05) is 17.3 Å². The smallest absolute Gasteiger partial charge is 0.339 e. The highest BCUT2D eigenvalue weighted by atomic mass is 32.2. The number of benzene rings is 1. The zero-order valence-corrected chi connectivity index (χ0v) is 13.9. The summed E-state index contributed by atoms with van der Waals surface area (Å²) in [7, 11) is 0. The minimum atomic E-state index is -0.402. The lowest BCUT2D eigenvalue weighted by Crippen LogP contribution is -2.07. The molecular weight excluding hydrogens is 312 g/mol. The molecule has 0 N–H and O–H groups in total. The van der Waals surface area contributed by atoms with Crippen LogP contribution in [0.25, 0.3) is 11.1 Å². The maximum Gasteiger partial charge on any atom is 0.339 e. The highest BCUT2D eigenvalue weighted by molar-refractivity contribution is 7.98. The molecule has 0 saturated carbocycles. The lowest BCUT2D eigenvalue weighted by molar-refractivity contribution is 0.0474. The van der Waals surface area contributed by atoms with E-state index in [1.807, 2.05) is 30.5 Å². The first kappa shape index (κ1) is 15.6. The Kier molecular flexibility index (Phi) is 4.34. The Balaban J connectivity index is 1.81. The number of hydrogen-bond acceptors (Lipinski definition) is 6. The fourth-order valence-electron chi connectivity index (χ4n) is 2.33. The molecule has 0 saturated heterocycles. The second kappa shape index (κ2) is 6.42. The molecule has 0 atom stereocenters. The van der Waals surface area contributed by atoms with Gasteiger partial charge in [0.15, 0.2) is 0 Å². The average Bonchev–Trinajstić information content (AvgIpc) is 2.93. The molecule has 0 unspecified atom stereocenters. The van der Waals surface area contributed by atoms with Gasteiger partial charge in [-0.2, -0.15) is 0 Å². The Bertz CT molecular complexity index is 856. The summed E-state index contributed by atoms with van der Waals surface area (Å²) in [4.78, 5) is 17.8. The summed E-state index contributed by atoms with van der Waals surface area (Å²) in [6.07, 6.45) is 2.02. The number of fused-ring (bicyclic) bond motifs is 1. The van der Waals surface area contributed by atoms with Crippen LogP contribution in [-0.2, 0) is 11.3 Å². The van der Waals surface area contributed by atoms with Gasteiger partial charge in [0.25, 0.3) is 5.71 Å². The molecule has 3 aromatic rings. The van der Waals surface area contributed by atoms with Gasteiger partial charge in [-0.05, 0) is 43.9 Å². The van der Waals surface area contributed by atoms with Crippen molar-refractivity contribution in [1.82, 2.24) is 10.1 Å². The average molecular weight is 328 g/mol. The van der Waals surface area contributed by atoms with Crippen LogP contribution in [-0.4, -0.2) is 22.4 Å². The van der Waals surface area contributed by atoms with Crippen LogP contribution in [0.2, 0.25) is 0 Å². The molecule has 1 aromatic carbocycles. The molecule has 5 nitrogen and oxygen atoms in total. The van der Waals surface area contributed by atoms with Gasteiger partial charge in [-0.15, -0.1) is 11.8 Å². The van der Waals surface area contributed by atoms with E-state index in [1.165, 1.54) is 4.90 Å². The Morgan fingerprint density at radius 3 is 2.70 bits per heavy atom. The number of aromatic nitrogens is 2. The van der Waals surface area contributed by atoms with Crippen molar-refractivity contribution in [1.29, 1.82) is 0 Å². The molecule has 2 aromatic heterocycles. The van der Waals surface area contributed by atoms with Crippen molar-refractivity contribution in [3.05, 3.63) is 52.8 Å². The van der Waals surface area contributed by atoms with Gasteiger partial charge in [0.2, 0.25) is 0 Å². The second-order valence-electron chi connectivity index (χ2n) is 5.18. The maximum absolute atomic E-state index is 12.4. The largest absolute Gasteiger partial charge is 0.457 e. The molecule has 0 bridgehead atoms. The molecule has 3 rings (SSSR count). The maximum atomic E-state index is 12.4. The summed E-state index contributed by atoms with van der Waals surface area (Å²) in [6.45, 7) is 3.80. The molecule has 0 fully saturated rings. The molecule has 0 aliphatic carbocycles. The van der Waals surface area contributed by atoms with Crippen LogP contribution in [0.5, 0.6) is 0 Å². The third-order valence-corrected chi connectivity index (χ3v) is 4.24. The van der Waals surface area contributed by atoms with E-state index < -0.39 is 5.97 Å². The molecule has 2 heterocycles. The molecule has 118 valence electrons. The van der Waals surface area contributed by atoms with Gasteiger partial charge in [-0.3, -0.25) is 0 Å². The topological polar surface area (TPSA) is 65.2 Å². The predicted molar refractivity (Wildman–Crippen MR) is 88.6 cm³/mol. The third-order valence-electron chi connectivity index (χ3n) is 3.49. The Hall–Kier alpha value is -2.34. The van der Waals surface area contributed by atoms with Gasteiger partial charge in [0.1, 0.15) is 6.61 Å². The molecule has 0 aliphatic rings. The van der Waals surface area contributed by atoms with Crippen molar-refractivity contribution in [2.45, 2.75) is 25.3 Å². The van der Waals surface area contributed by atoms with Crippen molar-refractivity contribution in [3.8, 4) is 0 Å². The summed E-state index contributed by atoms with van der Waals surface area (Å²) in [5, 5.41) is 4.48. The molecule has 0 spiro atoms. The van der Waals surface area contributed by atoms with Gasteiger partial charge < -0.3 is 9.26 Å². The first-order chi connectivity index (χ1) is 11.1. The summed E-state index contributed by atoms with van der Waals surface area (Å²) in [5.41, 5.74) is 3.06. The molecular formula is C17H16N2O3S. The summed E-state index contributed by atoms with van der Waals surface area (Å²) < 4.78 is 10.6. The molecule has 0 radical (unpaired) electrons. The third kappa shape index (κ3) is 3.22. The highest BCUT2D eigenvalue weighted by Crippen LogP contribution is 2.23. The zero-order chi connectivity index (χ0) is 16.4. The number of thioether (sulfide) groups is 1. The number of esters is 1. The van der Waals surface area contributed by atoms with Crippen molar-refractivity contribution in [2.75, 3.05) is 6.26 Å². The monoisotopic (exact) mass is 328 g/mol. The lowest BCUT2D eigenvalue weighted by atomic mass is 10.1. The van der Waals surface area contributed by atoms with E-state index in [1.54, 1.807) is 31.7 Å². The number of carbonyl (C=O) groups is 1. The number of carbonyl (C=O) groups excluding carboxylic acids is 1. The number of ether oxygens (including phenoxy) is 1. The number of rotatable bonds is 4. The number of hydrogen-bond donors (Lipinski definition) is 0. The first-order valence-corrected chi connectivity index (χ1v) is 8.34. The number of nitrogens with zero attached hydrogens (tertiary/aromatic N) is 2. The lowest BCUT2D eigenvalue weighted by Gasteiger charge is -2.07. The Morgan fingerprint density at radius 2 is 2.00 bits per heavy atom. The van der Waals surface area contributed by atoms with Crippen molar-refractivity contribution < 1.29 is 14.1 Å². The first-order valence-electron chi connectivity index (χ1n) is 7.12. The van der Waals surface area contributed by atoms with Gasteiger partial charge in [0.05, 0.1) is 16.6 Å². The standard InChI is InChI=1S/C17H16N2O3S/c1-10-8-14(15-11(2)19-22-16(15)18-10)17(20)21-9-12-4-6-13(23-3)7-5-12/h4-8H,9H2,1-3H3. The van der Waals surface area contributed by atoms with E-state index in [9.17, 15) is 4.79 Å². The van der Waals surface area contributed by atoms with Crippen LogP contribution in [0, 0.1) is 13.8 Å². The normalized spacial score (nSPS) is 10.9. The summed E-state index contributed by atoms with van der Waals surface area (Å²) in [5.74, 6) is -0.402. The minimum absolute atomic E-state index is 0.223. The van der Waals surface area contributed by atoms with Crippen LogP contribution >= 0.6 is 11.8 Å². The van der Waals surface area contributed by atoms with Gasteiger partial charge in [-0.25, -0.2) is 9.78 Å². The van der Waals surface area contributed by atoms with Crippen molar-refractivity contribution in [2.24, 2.45) is 0 Å². The summed E-state index contributed by atoms with van der Waals surface area (Å²) in [6, 6.07) is 9.62. The van der Waals surface area contributed by atoms with Crippen LogP contribution in [0.3, 0.4) is 0 Å². The molecule has 6 heteroatoms. The molecule has 0 aliphatic heterocycles. The van der Waals surface area contributed by atoms with Gasteiger partial charge in [0, 0.05) is 10.6 Å². The van der Waals surface area contributed by atoms with Crippen molar-refractivity contribution in [3.63, 3.8) is 0 Å². The SMILES string of the molecule is CSc1ccc(COC(=O)c2cc(C)nc3onc(C)c23)cc1. The van der Waals surface area contributed by atoms with E-state index in [4.69, 9.17) is 9.26 Å². The molecule has 0 amide bonds. The quantitative estimate of drug-likeness (QED) is 0.534. The van der Waals surface area contributed by atoms with E-state index in [-0.39, 0.29) is 6.61 Å². The fourth-order valence-corrected chi connectivity index (χ4v) is 2.74. The highest BCUT2D eigenvalue weighted by Gasteiger charge is 2.18. The number of pyridine rings is 1. The zero-order valence-electron chi connectivity index (χ0n) is 13.1. The predicted octanol–water partition coefficient (Wildman–Crippen LogP) is 3.92. The van der Waals surface area contributed by atoms with Crippen LogP contribution in [0.15, 0.2) is 39.8 Å². The number of aryl methyl sites for hydroxylation is 2. The van der Waals surface area contributed by atoms with E-state index in [0.717, 1.165) is 5.56 Å². The van der Waals surface area contributed by atoms with E-state index in [2.05, 4.69) is 10.1 Å². The van der Waals surface area contributed by atoms with Crippen molar-refractivity contribution >= 4 is 28.8 Å². The summed E-state index contributed by atoms with van der Waals surface area (Å²) >= 11 is 1.67. The molecule has 23 heavy (non-hydrogen) atoms. The van der Waals surface area contributed by atoms with Crippen LogP contribution < -0.4 is 0 Å².